The first kappa shape index (κ1) is 46.8. The van der Waals surface area contributed by atoms with E-state index in [2.05, 4.69) is 111 Å². The fourth-order valence-electron chi connectivity index (χ4n) is 6.43. The molecule has 1 rings (SSSR count). The second-order valence-electron chi connectivity index (χ2n) is 15.8. The lowest BCUT2D eigenvalue weighted by molar-refractivity contribution is 0.448. The average molecular weight is 711 g/mol. The number of rotatable bonds is 25. The molecule has 0 aliphatic heterocycles. The standard InChI is InChI=1S/C50H78O2/c1-12-20-38(2)21-13-22-39(3)23-14-24-40(4)25-15-26-41(5)27-16-28-42(6)29-17-30-43(7)31-18-32-44(8)33-19-34-45(9)35-36-48-37-49(51)46(10)47(11)50(48)52/h21,23,25,27,29,31,33,35,37,51-52H,12-20,22,24,26,28,30,32,34,36H2,1-11H3/b38-21+,39-23+,40-25+,41-27+,42-29+,43-31+,44-33+,45-35+. The molecule has 0 radical (unpaired) electrons. The number of benzene rings is 1. The van der Waals surface area contributed by atoms with Gasteiger partial charge in [0, 0.05) is 5.56 Å². The predicted molar refractivity (Wildman–Crippen MR) is 233 cm³/mol. The molecule has 0 amide bonds. The van der Waals surface area contributed by atoms with Gasteiger partial charge in [0.25, 0.3) is 0 Å². The van der Waals surface area contributed by atoms with Crippen molar-refractivity contribution in [1.29, 1.82) is 0 Å². The Balaban J connectivity index is 2.28. The molecular weight excluding hydrogens is 633 g/mol. The maximum absolute atomic E-state index is 10.4. The smallest absolute Gasteiger partial charge is 0.122 e. The van der Waals surface area contributed by atoms with E-state index in [-0.39, 0.29) is 5.75 Å². The van der Waals surface area contributed by atoms with Crippen LogP contribution in [-0.4, -0.2) is 10.2 Å². The zero-order valence-electron chi connectivity index (χ0n) is 35.6. The second kappa shape index (κ2) is 27.4. The molecule has 0 saturated heterocycles. The quantitative estimate of drug-likeness (QED) is 0.0783. The fraction of sp³-hybridized carbons (Fsp3) is 0.560. The molecule has 52 heavy (non-hydrogen) atoms. The second-order valence-corrected chi connectivity index (χ2v) is 15.8. The Labute approximate surface area is 322 Å². The molecule has 0 saturated carbocycles. The van der Waals surface area contributed by atoms with Gasteiger partial charge in [-0.2, -0.15) is 0 Å². The van der Waals surface area contributed by atoms with E-state index in [9.17, 15) is 10.2 Å². The van der Waals surface area contributed by atoms with E-state index in [4.69, 9.17) is 0 Å². The van der Waals surface area contributed by atoms with Gasteiger partial charge >= 0.3 is 0 Å². The van der Waals surface area contributed by atoms with E-state index in [1.807, 2.05) is 13.8 Å². The fourth-order valence-corrected chi connectivity index (χ4v) is 6.43. The van der Waals surface area contributed by atoms with Crippen molar-refractivity contribution in [2.24, 2.45) is 0 Å². The summed E-state index contributed by atoms with van der Waals surface area (Å²) in [5.41, 5.74) is 14.2. The van der Waals surface area contributed by atoms with Crippen LogP contribution in [0.15, 0.2) is 99.3 Å². The highest BCUT2D eigenvalue weighted by Gasteiger charge is 2.10. The van der Waals surface area contributed by atoms with Gasteiger partial charge in [0.1, 0.15) is 11.5 Å². The lowest BCUT2D eigenvalue weighted by atomic mass is 9.99. The summed E-state index contributed by atoms with van der Waals surface area (Å²) >= 11 is 0. The predicted octanol–water partition coefficient (Wildman–Crippen LogP) is 16.1. The van der Waals surface area contributed by atoms with E-state index < -0.39 is 0 Å². The number of allylic oxidation sites excluding steroid dienone is 16. The zero-order chi connectivity index (χ0) is 38.9. The van der Waals surface area contributed by atoms with Crippen LogP contribution >= 0.6 is 0 Å². The molecule has 0 aliphatic carbocycles. The summed E-state index contributed by atoms with van der Waals surface area (Å²) in [6.07, 6.45) is 38.2. The Hall–Kier alpha value is -3.26. The maximum atomic E-state index is 10.4. The molecule has 1 aromatic rings. The molecule has 0 unspecified atom stereocenters. The van der Waals surface area contributed by atoms with Gasteiger partial charge in [-0.15, -0.1) is 0 Å². The van der Waals surface area contributed by atoms with E-state index in [1.54, 1.807) is 6.07 Å². The summed E-state index contributed by atoms with van der Waals surface area (Å²) in [4.78, 5) is 0. The number of phenolic OH excluding ortho intramolecular Hbond substituents is 2. The normalized spacial score (nSPS) is 14.5. The average Bonchev–Trinajstić information content (AvgIpc) is 3.08. The monoisotopic (exact) mass is 711 g/mol. The molecular formula is C50H78O2. The zero-order valence-corrected chi connectivity index (χ0v) is 35.6. The van der Waals surface area contributed by atoms with Gasteiger partial charge in [-0.1, -0.05) is 107 Å². The van der Waals surface area contributed by atoms with Crippen molar-refractivity contribution in [3.8, 4) is 11.5 Å². The van der Waals surface area contributed by atoms with Crippen LogP contribution in [-0.2, 0) is 6.42 Å². The Morgan fingerprint density at radius 1 is 0.423 bits per heavy atom. The molecule has 0 heterocycles. The van der Waals surface area contributed by atoms with Crippen LogP contribution in [0.4, 0.5) is 0 Å². The van der Waals surface area contributed by atoms with Gasteiger partial charge in [0.05, 0.1) is 0 Å². The van der Waals surface area contributed by atoms with Crippen LogP contribution in [0.2, 0.25) is 0 Å². The largest absolute Gasteiger partial charge is 0.508 e. The van der Waals surface area contributed by atoms with Crippen molar-refractivity contribution in [1.82, 2.24) is 0 Å². The number of hydrogen-bond donors (Lipinski definition) is 2. The van der Waals surface area contributed by atoms with Gasteiger partial charge < -0.3 is 10.2 Å². The Morgan fingerprint density at radius 2 is 0.692 bits per heavy atom. The first-order chi connectivity index (χ1) is 24.7. The van der Waals surface area contributed by atoms with Crippen LogP contribution in [0.1, 0.15) is 182 Å². The van der Waals surface area contributed by atoms with Gasteiger partial charge in [0.2, 0.25) is 0 Å². The number of phenols is 2. The molecule has 0 aliphatic rings. The van der Waals surface area contributed by atoms with Crippen molar-refractivity contribution in [2.75, 3.05) is 0 Å². The minimum Gasteiger partial charge on any atom is -0.508 e. The first-order valence-corrected chi connectivity index (χ1v) is 20.5. The number of aromatic hydroxyl groups is 2. The maximum Gasteiger partial charge on any atom is 0.122 e. The van der Waals surface area contributed by atoms with Gasteiger partial charge in [0.15, 0.2) is 0 Å². The van der Waals surface area contributed by atoms with Crippen LogP contribution in [0.5, 0.6) is 11.5 Å². The number of hydrogen-bond acceptors (Lipinski definition) is 2. The van der Waals surface area contributed by atoms with Crippen molar-refractivity contribution in [3.63, 3.8) is 0 Å². The lowest BCUT2D eigenvalue weighted by Gasteiger charge is -2.10. The summed E-state index contributed by atoms with van der Waals surface area (Å²) in [7, 11) is 0. The lowest BCUT2D eigenvalue weighted by Crippen LogP contribution is -1.91. The molecule has 0 aromatic heterocycles. The Kier molecular flexibility index (Phi) is 24.6. The summed E-state index contributed by atoms with van der Waals surface area (Å²) < 4.78 is 0. The molecule has 0 fully saturated rings. The minimum absolute atomic E-state index is 0.255. The molecule has 0 bridgehead atoms. The van der Waals surface area contributed by atoms with Gasteiger partial charge in [-0.3, -0.25) is 0 Å². The Morgan fingerprint density at radius 3 is 0.981 bits per heavy atom. The third kappa shape index (κ3) is 22.0. The SMILES string of the molecule is CCC/C(C)=C/CC/C(C)=C/CC/C(C)=C/CC/C(C)=C/CC/C(C)=C/CC/C(C)=C/CC/C(C)=C/CC/C(C)=C/Cc1cc(O)c(C)c(C)c1O. The Bertz CT molecular complexity index is 1460. The van der Waals surface area contributed by atoms with Crippen molar-refractivity contribution in [2.45, 2.75) is 185 Å². The van der Waals surface area contributed by atoms with Gasteiger partial charge in [-0.25, -0.2) is 0 Å². The molecule has 1 aromatic carbocycles. The van der Waals surface area contributed by atoms with E-state index in [0.29, 0.717) is 12.2 Å². The molecule has 0 spiro atoms. The van der Waals surface area contributed by atoms with Crippen LogP contribution in [0.25, 0.3) is 0 Å². The van der Waals surface area contributed by atoms with Crippen molar-refractivity contribution < 1.29 is 10.2 Å². The summed E-state index contributed by atoms with van der Waals surface area (Å²) in [5.74, 6) is 0.555. The van der Waals surface area contributed by atoms with Crippen LogP contribution < -0.4 is 0 Å². The minimum atomic E-state index is 0.255. The molecule has 2 N–H and O–H groups in total. The molecule has 2 nitrogen and oxygen atoms in total. The molecule has 0 atom stereocenters. The van der Waals surface area contributed by atoms with Crippen LogP contribution in [0, 0.1) is 13.8 Å². The van der Waals surface area contributed by atoms with E-state index in [1.165, 1.54) is 83.1 Å². The summed E-state index contributed by atoms with van der Waals surface area (Å²) in [5, 5.41) is 20.5. The van der Waals surface area contributed by atoms with Gasteiger partial charge in [-0.05, 0) is 189 Å². The first-order valence-electron chi connectivity index (χ1n) is 20.5. The molecule has 2 heteroatoms. The summed E-state index contributed by atoms with van der Waals surface area (Å²) in [6, 6.07) is 1.69. The summed E-state index contributed by atoms with van der Waals surface area (Å²) in [6.45, 7) is 24.0. The van der Waals surface area contributed by atoms with Crippen LogP contribution in [0.3, 0.4) is 0 Å². The van der Waals surface area contributed by atoms with E-state index >= 15 is 0 Å². The third-order valence-corrected chi connectivity index (χ3v) is 10.5. The van der Waals surface area contributed by atoms with Crippen molar-refractivity contribution >= 4 is 0 Å². The van der Waals surface area contributed by atoms with Crippen molar-refractivity contribution in [3.05, 3.63) is 116 Å². The topological polar surface area (TPSA) is 40.5 Å². The van der Waals surface area contributed by atoms with E-state index in [0.717, 1.165) is 80.9 Å². The highest BCUT2D eigenvalue weighted by Crippen LogP contribution is 2.32. The molecule has 290 valence electrons. The highest BCUT2D eigenvalue weighted by atomic mass is 16.3. The third-order valence-electron chi connectivity index (χ3n) is 10.5. The highest BCUT2D eigenvalue weighted by molar-refractivity contribution is 5.51.